The van der Waals surface area contributed by atoms with E-state index in [0.29, 0.717) is 12.8 Å². The zero-order valence-electron chi connectivity index (χ0n) is 19.8. The van der Waals surface area contributed by atoms with Gasteiger partial charge in [0, 0.05) is 0 Å². The minimum absolute atomic E-state index is 0.0792. The summed E-state index contributed by atoms with van der Waals surface area (Å²) in [6, 6.07) is -1.45. The molecule has 0 heterocycles. The van der Waals surface area contributed by atoms with Gasteiger partial charge in [0.2, 0.25) is 5.91 Å². The third-order valence-corrected chi connectivity index (χ3v) is 6.56. The fraction of sp³-hybridized carbons (Fsp3) is 0.591. The SMILES string of the molecule is CCC(NC(CC(C)C)C(=O)NCC(=O)Oc1c(Cl)c(Cl)c(Cl)c(Cl)c1Cl)C(=O)OC(C)(C)C. The molecule has 1 amide bonds. The van der Waals surface area contributed by atoms with Crippen LogP contribution in [0, 0.1) is 5.92 Å². The molecule has 0 saturated heterocycles. The number of benzene rings is 1. The molecule has 192 valence electrons. The molecular weight excluding hydrogens is 550 g/mol. The summed E-state index contributed by atoms with van der Waals surface area (Å²) in [5.74, 6) is -1.96. The van der Waals surface area contributed by atoms with E-state index >= 15 is 0 Å². The number of ether oxygens (including phenoxy) is 2. The predicted molar refractivity (Wildman–Crippen MR) is 136 cm³/mol. The largest absolute Gasteiger partial charge is 0.459 e. The Morgan fingerprint density at radius 2 is 1.38 bits per heavy atom. The van der Waals surface area contributed by atoms with Crippen LogP contribution in [0.3, 0.4) is 0 Å². The first kappa shape index (κ1) is 31.1. The molecule has 0 saturated carbocycles. The summed E-state index contributed by atoms with van der Waals surface area (Å²) in [6.45, 7) is 10.5. The number of hydrogen-bond donors (Lipinski definition) is 2. The van der Waals surface area contributed by atoms with E-state index in [9.17, 15) is 14.4 Å². The molecule has 0 spiro atoms. The van der Waals surface area contributed by atoms with Crippen molar-refractivity contribution in [3.63, 3.8) is 0 Å². The number of carbonyl (C=O) groups is 3. The van der Waals surface area contributed by atoms with Crippen LogP contribution >= 0.6 is 58.0 Å². The molecule has 2 unspecified atom stereocenters. The average molecular weight is 579 g/mol. The summed E-state index contributed by atoms with van der Waals surface area (Å²) in [7, 11) is 0. The minimum atomic E-state index is -0.867. The van der Waals surface area contributed by atoms with E-state index in [-0.39, 0.29) is 36.8 Å². The van der Waals surface area contributed by atoms with E-state index in [2.05, 4.69) is 10.6 Å². The summed E-state index contributed by atoms with van der Waals surface area (Å²) >= 11 is 30.0. The molecule has 1 rings (SSSR count). The lowest BCUT2D eigenvalue weighted by Crippen LogP contribution is -2.53. The smallest absolute Gasteiger partial charge is 0.330 e. The van der Waals surface area contributed by atoms with Crippen LogP contribution in [0.4, 0.5) is 0 Å². The van der Waals surface area contributed by atoms with Crippen molar-refractivity contribution in [2.45, 2.75) is 72.1 Å². The fourth-order valence-electron chi connectivity index (χ4n) is 2.80. The highest BCUT2D eigenvalue weighted by Gasteiger charge is 2.30. The highest BCUT2D eigenvalue weighted by molar-refractivity contribution is 6.55. The van der Waals surface area contributed by atoms with Crippen LogP contribution in [0.5, 0.6) is 5.75 Å². The number of hydrogen-bond acceptors (Lipinski definition) is 6. The molecule has 0 fully saturated rings. The standard InChI is InChI=1S/C22H29Cl5N2O5/c1-7-11(21(32)34-22(4,5)6)29-12(8-10(2)3)20(31)28-9-13(30)33-19-17(26)15(24)14(23)16(25)18(19)27/h10-12,29H,7-9H2,1-6H3,(H,28,31). The fourth-order valence-corrected chi connectivity index (χ4v) is 4.00. The van der Waals surface area contributed by atoms with E-state index < -0.39 is 42.1 Å². The van der Waals surface area contributed by atoms with Gasteiger partial charge >= 0.3 is 11.9 Å². The Labute approximate surface area is 225 Å². The lowest BCUT2D eigenvalue weighted by molar-refractivity contribution is -0.158. The summed E-state index contributed by atoms with van der Waals surface area (Å²) in [5, 5.41) is 4.82. The average Bonchev–Trinajstić information content (AvgIpc) is 2.73. The van der Waals surface area contributed by atoms with Crippen molar-refractivity contribution in [2.24, 2.45) is 5.92 Å². The topological polar surface area (TPSA) is 93.7 Å². The first-order valence-corrected chi connectivity index (χ1v) is 12.5. The maximum Gasteiger partial charge on any atom is 0.330 e. The molecule has 12 heteroatoms. The van der Waals surface area contributed by atoms with E-state index in [0.717, 1.165) is 0 Å². The van der Waals surface area contributed by atoms with Crippen LogP contribution in [0.2, 0.25) is 25.1 Å². The van der Waals surface area contributed by atoms with Crippen LogP contribution in [0.25, 0.3) is 0 Å². The molecule has 2 N–H and O–H groups in total. The summed E-state index contributed by atoms with van der Waals surface area (Å²) in [5.41, 5.74) is -0.665. The third-order valence-electron chi connectivity index (χ3n) is 4.32. The van der Waals surface area contributed by atoms with Gasteiger partial charge in [0.05, 0.1) is 21.1 Å². The molecule has 0 aliphatic rings. The number of esters is 2. The monoisotopic (exact) mass is 576 g/mol. The first-order valence-electron chi connectivity index (χ1n) is 10.6. The van der Waals surface area contributed by atoms with Gasteiger partial charge in [0.15, 0.2) is 5.75 Å². The highest BCUT2D eigenvalue weighted by Crippen LogP contribution is 2.48. The second kappa shape index (κ2) is 13.4. The zero-order chi connectivity index (χ0) is 26.4. The van der Waals surface area contributed by atoms with Gasteiger partial charge < -0.3 is 14.8 Å². The van der Waals surface area contributed by atoms with Gasteiger partial charge in [-0.05, 0) is 39.5 Å². The maximum absolute atomic E-state index is 12.8. The second-order valence-electron chi connectivity index (χ2n) is 8.93. The Bertz CT molecular complexity index is 889. The Kier molecular flexibility index (Phi) is 12.2. The predicted octanol–water partition coefficient (Wildman–Crippen LogP) is 6.10. The second-order valence-corrected chi connectivity index (χ2v) is 10.8. The molecule has 0 radical (unpaired) electrons. The third kappa shape index (κ3) is 9.25. The molecule has 0 aliphatic heterocycles. The molecule has 0 bridgehead atoms. The molecule has 1 aromatic carbocycles. The van der Waals surface area contributed by atoms with Crippen LogP contribution in [0.1, 0.15) is 54.4 Å². The van der Waals surface area contributed by atoms with Crippen molar-refractivity contribution in [3.8, 4) is 5.75 Å². The van der Waals surface area contributed by atoms with Gasteiger partial charge in [-0.1, -0.05) is 78.8 Å². The van der Waals surface area contributed by atoms with Crippen molar-refractivity contribution in [1.82, 2.24) is 10.6 Å². The van der Waals surface area contributed by atoms with Gasteiger partial charge in [-0.25, -0.2) is 4.79 Å². The number of rotatable bonds is 10. The maximum atomic E-state index is 12.8. The van der Waals surface area contributed by atoms with Crippen LogP contribution in [-0.2, 0) is 19.1 Å². The zero-order valence-corrected chi connectivity index (χ0v) is 23.6. The summed E-state index contributed by atoms with van der Waals surface area (Å²) in [6.07, 6.45) is 0.828. The molecule has 34 heavy (non-hydrogen) atoms. The molecular formula is C22H29Cl5N2O5. The molecule has 2 atom stereocenters. The van der Waals surface area contributed by atoms with E-state index in [1.807, 2.05) is 13.8 Å². The highest BCUT2D eigenvalue weighted by atomic mass is 35.5. The Morgan fingerprint density at radius 3 is 1.82 bits per heavy atom. The van der Waals surface area contributed by atoms with Gasteiger partial charge in [-0.2, -0.15) is 0 Å². The van der Waals surface area contributed by atoms with E-state index in [1.54, 1.807) is 27.7 Å². The lowest BCUT2D eigenvalue weighted by atomic mass is 10.0. The Hall–Kier alpha value is -0.960. The molecule has 0 aliphatic carbocycles. The van der Waals surface area contributed by atoms with Crippen molar-refractivity contribution in [1.29, 1.82) is 0 Å². The van der Waals surface area contributed by atoms with Crippen LogP contribution in [-0.4, -0.2) is 42.1 Å². The van der Waals surface area contributed by atoms with Crippen molar-refractivity contribution in [3.05, 3.63) is 25.1 Å². The minimum Gasteiger partial charge on any atom is -0.459 e. The number of amides is 1. The Morgan fingerprint density at radius 1 is 0.882 bits per heavy atom. The van der Waals surface area contributed by atoms with Crippen molar-refractivity contribution in [2.75, 3.05) is 6.54 Å². The van der Waals surface area contributed by atoms with Gasteiger partial charge in [-0.15, -0.1) is 0 Å². The van der Waals surface area contributed by atoms with Crippen LogP contribution < -0.4 is 15.4 Å². The van der Waals surface area contributed by atoms with E-state index in [1.165, 1.54) is 0 Å². The van der Waals surface area contributed by atoms with Crippen molar-refractivity contribution < 1.29 is 23.9 Å². The van der Waals surface area contributed by atoms with Crippen molar-refractivity contribution >= 4 is 75.9 Å². The molecule has 1 aromatic rings. The Balaban J connectivity index is 2.89. The quantitative estimate of drug-likeness (QED) is 0.151. The number of carbonyl (C=O) groups excluding carboxylic acids is 3. The lowest BCUT2D eigenvalue weighted by Gasteiger charge is -2.27. The van der Waals surface area contributed by atoms with Crippen LogP contribution in [0.15, 0.2) is 0 Å². The number of halogens is 5. The normalized spacial score (nSPS) is 13.4. The van der Waals surface area contributed by atoms with E-state index in [4.69, 9.17) is 67.5 Å². The van der Waals surface area contributed by atoms with Gasteiger partial charge in [-0.3, -0.25) is 14.9 Å². The molecule has 0 aromatic heterocycles. The first-order chi connectivity index (χ1) is 15.6. The molecule has 7 nitrogen and oxygen atoms in total. The number of nitrogens with one attached hydrogen (secondary N) is 2. The van der Waals surface area contributed by atoms with Gasteiger partial charge in [0.1, 0.15) is 28.2 Å². The summed E-state index contributed by atoms with van der Waals surface area (Å²) < 4.78 is 10.6. The summed E-state index contributed by atoms with van der Waals surface area (Å²) in [4.78, 5) is 37.7. The van der Waals surface area contributed by atoms with Gasteiger partial charge in [0.25, 0.3) is 0 Å².